The summed E-state index contributed by atoms with van der Waals surface area (Å²) < 4.78 is 0. The number of rotatable bonds is 5. The number of nitrogens with zero attached hydrogens (tertiary/aromatic N) is 1. The molecule has 6 aliphatic rings. The minimum atomic E-state index is 0.140. The lowest BCUT2D eigenvalue weighted by Crippen LogP contribution is -2.57. The van der Waals surface area contributed by atoms with Crippen LogP contribution in [0.5, 0.6) is 0 Å². The molecule has 1 spiro atoms. The molecule has 6 aromatic carbocycles. The molecular formula is C54H53NS. The Kier molecular flexibility index (Phi) is 7.89. The van der Waals surface area contributed by atoms with Gasteiger partial charge in [-0.1, -0.05) is 137 Å². The molecule has 0 radical (unpaired) electrons. The maximum absolute atomic E-state index is 2.57. The topological polar surface area (TPSA) is 3.24 Å². The molecule has 0 unspecified atom stereocenters. The molecule has 56 heavy (non-hydrogen) atoms. The van der Waals surface area contributed by atoms with E-state index in [4.69, 9.17) is 0 Å². The van der Waals surface area contributed by atoms with Gasteiger partial charge in [0.2, 0.25) is 0 Å². The zero-order valence-electron chi connectivity index (χ0n) is 33.4. The van der Waals surface area contributed by atoms with Crippen LogP contribution in [-0.2, 0) is 16.2 Å². The summed E-state index contributed by atoms with van der Waals surface area (Å²) in [4.78, 5) is 5.43. The summed E-state index contributed by atoms with van der Waals surface area (Å²) in [5.41, 5.74) is 15.5. The molecule has 1 nitrogen and oxygen atoms in total. The van der Waals surface area contributed by atoms with E-state index < -0.39 is 0 Å². The van der Waals surface area contributed by atoms with Gasteiger partial charge in [-0.2, -0.15) is 0 Å². The molecule has 4 fully saturated rings. The van der Waals surface area contributed by atoms with E-state index in [1.165, 1.54) is 105 Å². The van der Waals surface area contributed by atoms with E-state index in [9.17, 15) is 0 Å². The Labute approximate surface area is 338 Å². The van der Waals surface area contributed by atoms with Crippen molar-refractivity contribution in [2.45, 2.75) is 98.7 Å². The molecule has 0 atom stereocenters. The van der Waals surface area contributed by atoms with Crippen LogP contribution < -0.4 is 4.90 Å². The molecular weight excluding hydrogens is 695 g/mol. The van der Waals surface area contributed by atoms with Crippen LogP contribution in [0.3, 0.4) is 0 Å². The quantitative estimate of drug-likeness (QED) is 0.173. The molecule has 0 aromatic heterocycles. The smallest absolute Gasteiger partial charge is 0.0473 e. The molecule has 1 aliphatic heterocycles. The average Bonchev–Trinajstić information content (AvgIpc) is 3.21. The molecule has 6 aromatic rings. The van der Waals surface area contributed by atoms with Gasteiger partial charge in [-0.25, -0.2) is 0 Å². The van der Waals surface area contributed by atoms with Crippen LogP contribution in [-0.4, -0.2) is 0 Å². The van der Waals surface area contributed by atoms with Crippen molar-refractivity contribution in [3.8, 4) is 22.3 Å². The fourth-order valence-corrected chi connectivity index (χ4v) is 13.9. The van der Waals surface area contributed by atoms with Crippen LogP contribution in [0.15, 0.2) is 149 Å². The van der Waals surface area contributed by atoms with E-state index in [0.29, 0.717) is 0 Å². The highest BCUT2D eigenvalue weighted by Gasteiger charge is 2.60. The van der Waals surface area contributed by atoms with Crippen molar-refractivity contribution < 1.29 is 0 Å². The van der Waals surface area contributed by atoms with E-state index >= 15 is 0 Å². The zero-order chi connectivity index (χ0) is 37.8. The van der Waals surface area contributed by atoms with Gasteiger partial charge in [0.25, 0.3) is 0 Å². The SMILES string of the molecule is CC1(C)CCC(C)(C)c2c(-c3ccc(N(c4ccc(-c5ccccc5)cc4)c4ccc5c(c4)Sc4ccccc4C54C5CC6CC(C5)CC4C6)cc3)cccc21. The molecule has 12 rings (SSSR count). The van der Waals surface area contributed by atoms with Crippen molar-refractivity contribution >= 4 is 28.8 Å². The van der Waals surface area contributed by atoms with E-state index in [1.54, 1.807) is 11.1 Å². The van der Waals surface area contributed by atoms with Gasteiger partial charge in [0.1, 0.15) is 0 Å². The first-order valence-electron chi connectivity index (χ1n) is 21.3. The Morgan fingerprint density at radius 3 is 1.71 bits per heavy atom. The first kappa shape index (κ1) is 34.7. The summed E-state index contributed by atoms with van der Waals surface area (Å²) in [6.07, 6.45) is 9.51. The molecule has 5 aliphatic carbocycles. The molecule has 1 heterocycles. The summed E-state index contributed by atoms with van der Waals surface area (Å²) in [6.45, 7) is 9.74. The van der Waals surface area contributed by atoms with Gasteiger partial charge in [-0.15, -0.1) is 0 Å². The van der Waals surface area contributed by atoms with Gasteiger partial charge in [0.05, 0.1) is 0 Å². The molecule has 2 heteroatoms. The van der Waals surface area contributed by atoms with Crippen LogP contribution in [0.4, 0.5) is 17.1 Å². The van der Waals surface area contributed by atoms with Crippen LogP contribution in [0.2, 0.25) is 0 Å². The predicted octanol–water partition coefficient (Wildman–Crippen LogP) is 15.0. The molecule has 4 bridgehead atoms. The summed E-state index contributed by atoms with van der Waals surface area (Å²) in [5, 5.41) is 0. The number of anilines is 3. The van der Waals surface area contributed by atoms with Crippen molar-refractivity contribution in [1.29, 1.82) is 0 Å². The van der Waals surface area contributed by atoms with E-state index in [0.717, 1.165) is 23.7 Å². The van der Waals surface area contributed by atoms with Crippen LogP contribution >= 0.6 is 11.8 Å². The second-order valence-corrected chi connectivity index (χ2v) is 20.3. The zero-order valence-corrected chi connectivity index (χ0v) is 34.2. The molecule has 4 saturated carbocycles. The fourth-order valence-electron chi connectivity index (χ4n) is 12.7. The lowest BCUT2D eigenvalue weighted by molar-refractivity contribution is -0.0443. The van der Waals surface area contributed by atoms with E-state index in [-0.39, 0.29) is 16.2 Å². The normalized spacial score (nSPS) is 26.0. The standard InChI is InChI=1S/C54H53NS/c1-52(2)27-28-53(3,4)51-45(13-10-15-48(51)52)39-19-23-43(24-20-39)55(42-21-17-38(18-22-42)37-11-6-5-7-12-37)44-25-26-47-50(34-44)56-49-16-9-8-14-46(49)54(47)40-30-35-29-36(32-40)33-41(54)31-35/h5-26,34-36,40-41H,27-33H2,1-4H3. The Balaban J connectivity index is 1.04. The second kappa shape index (κ2) is 12.7. The van der Waals surface area contributed by atoms with Crippen molar-refractivity contribution in [2.24, 2.45) is 23.7 Å². The summed E-state index contributed by atoms with van der Waals surface area (Å²) >= 11 is 2.01. The predicted molar refractivity (Wildman–Crippen MR) is 236 cm³/mol. The van der Waals surface area contributed by atoms with Crippen molar-refractivity contribution in [3.63, 3.8) is 0 Å². The number of hydrogen-bond acceptors (Lipinski definition) is 2. The highest BCUT2D eigenvalue weighted by Crippen LogP contribution is 2.69. The van der Waals surface area contributed by atoms with E-state index in [2.05, 4.69) is 172 Å². The largest absolute Gasteiger partial charge is 0.310 e. The van der Waals surface area contributed by atoms with Crippen LogP contribution in [0.1, 0.15) is 94.9 Å². The van der Waals surface area contributed by atoms with Crippen LogP contribution in [0, 0.1) is 23.7 Å². The number of benzene rings is 6. The lowest BCUT2D eigenvalue weighted by atomic mass is 9.42. The Morgan fingerprint density at radius 2 is 1.02 bits per heavy atom. The van der Waals surface area contributed by atoms with Gasteiger partial charge < -0.3 is 4.90 Å². The van der Waals surface area contributed by atoms with Crippen molar-refractivity contribution in [2.75, 3.05) is 4.90 Å². The van der Waals surface area contributed by atoms with Gasteiger partial charge in [-0.05, 0) is 166 Å². The molecule has 280 valence electrons. The minimum Gasteiger partial charge on any atom is -0.310 e. The van der Waals surface area contributed by atoms with E-state index in [1.807, 2.05) is 11.8 Å². The maximum atomic E-state index is 2.57. The second-order valence-electron chi connectivity index (χ2n) is 19.2. The summed E-state index contributed by atoms with van der Waals surface area (Å²) in [6, 6.07) is 53.5. The van der Waals surface area contributed by atoms with Crippen molar-refractivity contribution in [3.05, 3.63) is 162 Å². The minimum absolute atomic E-state index is 0.140. The Morgan fingerprint density at radius 1 is 0.464 bits per heavy atom. The summed E-state index contributed by atoms with van der Waals surface area (Å²) in [5.74, 6) is 3.37. The third-order valence-corrected chi connectivity index (χ3v) is 16.3. The third kappa shape index (κ3) is 5.27. The first-order valence-corrected chi connectivity index (χ1v) is 22.1. The molecule has 0 amide bonds. The highest BCUT2D eigenvalue weighted by atomic mass is 32.2. The molecule has 0 saturated heterocycles. The third-order valence-electron chi connectivity index (χ3n) is 15.2. The Hall–Kier alpha value is -4.53. The molecule has 0 N–H and O–H groups in total. The van der Waals surface area contributed by atoms with Crippen molar-refractivity contribution in [1.82, 2.24) is 0 Å². The fraction of sp³-hybridized carbons (Fsp3) is 0.333. The Bertz CT molecular complexity index is 2430. The van der Waals surface area contributed by atoms with Gasteiger partial charge >= 0.3 is 0 Å². The van der Waals surface area contributed by atoms with Gasteiger partial charge in [-0.3, -0.25) is 0 Å². The monoisotopic (exact) mass is 747 g/mol. The van der Waals surface area contributed by atoms with Gasteiger partial charge in [0, 0.05) is 32.3 Å². The maximum Gasteiger partial charge on any atom is 0.0473 e. The lowest BCUT2D eigenvalue weighted by Gasteiger charge is -2.63. The van der Waals surface area contributed by atoms with Gasteiger partial charge in [0.15, 0.2) is 0 Å². The highest BCUT2D eigenvalue weighted by molar-refractivity contribution is 7.99. The van der Waals surface area contributed by atoms with Crippen LogP contribution in [0.25, 0.3) is 22.3 Å². The summed E-state index contributed by atoms with van der Waals surface area (Å²) in [7, 11) is 0. The average molecular weight is 748 g/mol. The number of fused-ring (bicyclic) bond motifs is 3. The first-order chi connectivity index (χ1) is 27.2. The number of hydrogen-bond donors (Lipinski definition) is 0.